The monoisotopic (exact) mass is 2150 g/mol. The Labute approximate surface area is 846 Å². The number of alkyl halides is 18. The number of rotatable bonds is 18. The maximum atomic E-state index is 13.5. The van der Waals surface area contributed by atoms with Crippen molar-refractivity contribution in [3.8, 4) is 0 Å². The number of sulfonamides is 2. The van der Waals surface area contributed by atoms with Gasteiger partial charge in [0.2, 0.25) is 26.0 Å². The van der Waals surface area contributed by atoms with Gasteiger partial charge in [0.25, 0.3) is 0 Å². The zero-order valence-electron chi connectivity index (χ0n) is 84.6. The summed E-state index contributed by atoms with van der Waals surface area (Å²) in [6.07, 6.45) is -28.7. The predicted octanol–water partition coefficient (Wildman–Crippen LogP) is 15.5. The number of amides is 5. The van der Waals surface area contributed by atoms with Crippen LogP contribution in [0.1, 0.15) is 143 Å². The Morgan fingerprint density at radius 1 is 0.354 bits per heavy atom. The molecule has 49 heteroatoms. The van der Waals surface area contributed by atoms with Crippen molar-refractivity contribution in [2.75, 3.05) is 236 Å². The minimum absolute atomic E-state index is 0.000864. The number of piperazine rings is 4. The summed E-state index contributed by atoms with van der Waals surface area (Å²) in [4.78, 5) is 87.1. The normalized spacial score (nSPS) is 22.8. The predicted molar refractivity (Wildman–Crippen MR) is 513 cm³/mol. The second-order valence-electron chi connectivity index (χ2n) is 41.6. The highest BCUT2D eigenvalue weighted by Crippen LogP contribution is 2.49. The summed E-state index contributed by atoms with van der Waals surface area (Å²) in [6.45, 7) is 26.5. The van der Waals surface area contributed by atoms with Crippen LogP contribution in [0.15, 0.2) is 72.8 Å². The second-order valence-corrected chi connectivity index (χ2v) is 45.5. The minimum atomic E-state index is -4.66. The smallest absolute Gasteiger partial charge is 0.425 e. The summed E-state index contributed by atoms with van der Waals surface area (Å²) in [5.41, 5.74) is 7.64. The van der Waals surface area contributed by atoms with E-state index in [0.717, 1.165) is 165 Å². The fourth-order valence-electron chi connectivity index (χ4n) is 22.2. The summed E-state index contributed by atoms with van der Waals surface area (Å²) in [5, 5.41) is 0. The van der Waals surface area contributed by atoms with E-state index in [-0.39, 0.29) is 48.6 Å². The fraction of sp³-hybridized carbons (Fsp3) is 0.704. The molecule has 16 rings (SSSR count). The number of piperidine rings is 3. The molecular weight excluding hydrogens is 2020 g/mol. The van der Waals surface area contributed by atoms with Crippen molar-refractivity contribution in [2.45, 2.75) is 211 Å². The van der Waals surface area contributed by atoms with E-state index in [2.05, 4.69) is 104 Å². The topological polar surface area (TPSA) is 242 Å². The van der Waals surface area contributed by atoms with Gasteiger partial charge in [-0.3, -0.25) is 24.4 Å². The number of halogens is 18. The van der Waals surface area contributed by atoms with E-state index >= 15 is 0 Å². The van der Waals surface area contributed by atoms with Crippen LogP contribution in [0.5, 0.6) is 0 Å². The number of aryl methyl sites for hydroxylation is 2. The number of hydrogen-bond donors (Lipinski definition) is 0. The summed E-state index contributed by atoms with van der Waals surface area (Å²) >= 11 is 0. The third kappa shape index (κ3) is 29.5. The lowest BCUT2D eigenvalue weighted by Crippen LogP contribution is -2.61. The molecule has 0 bridgehead atoms. The number of fused-ring (bicyclic) bond motifs is 1. The zero-order valence-corrected chi connectivity index (χ0v) is 86.2. The van der Waals surface area contributed by atoms with Crippen LogP contribution in [0.3, 0.4) is 0 Å². The zero-order chi connectivity index (χ0) is 107. The van der Waals surface area contributed by atoms with Crippen LogP contribution >= 0.6 is 0 Å². The average Bonchev–Trinajstić information content (AvgIpc) is 1.63. The molecule has 4 aromatic carbocycles. The van der Waals surface area contributed by atoms with Gasteiger partial charge in [-0.15, -0.1) is 0 Å². The summed E-state index contributed by atoms with van der Waals surface area (Å²) in [5.74, 6) is 1.03. The van der Waals surface area contributed by atoms with Gasteiger partial charge < -0.3 is 67.9 Å². The van der Waals surface area contributed by atoms with E-state index in [1.54, 1.807) is 11.2 Å². The number of likely N-dealkylation sites (tertiary alicyclic amines) is 2. The standard InChI is InChI=1S/C26H37F3N4O3.C25H37F3N4O4S.C24H32F6N4O4S.C23H30F6N4O2/c1-19-5-6-22(18-30-13-15-32(16-14-30)24(35)36-20(2)26(27,28)29)23(17-19)31-11-8-25(9-12-31)7-4-10-33(25)21(3)34;1-19-5-6-21(18-29-13-15-31(16-14-29)23(33)36-20(2)25(26,27)28)22(17-19)30-11-8-24(9-12-30)7-4-10-32(24)37(3,34)35;1-17(23(25,26)27)38-21(35)32-11-9-31(10-12-32)14-18-3-4-19(24(28,29)30)13-20(18)33-15-22(16-33)5-7-34(8-6-22)39(2,36)37;1-15(22(24,25)26)35-21(34)32-7-5-31(6-8-32)12-16-3-4-19(23(27,28)29)9-20(16)33-13-17-10-30(2)11-18(17)14-33/h5-6,17,20H,4,7-16,18H2,1-3H3;5-6,17,20H,4,7-16,18H2,1-3H3;3-4,13,17H,5-12,14-16H2,1-2H3;3-4,9,15,17-18H,5-8,10-14H2,1-2H3. The Kier molecular flexibility index (Phi) is 36.2. The van der Waals surface area contributed by atoms with Gasteiger partial charge in [-0.05, 0) is 194 Å². The average molecular weight is 2150 g/mol. The van der Waals surface area contributed by atoms with Gasteiger partial charge in [0, 0.05) is 269 Å². The van der Waals surface area contributed by atoms with Gasteiger partial charge in [0.1, 0.15) is 0 Å². The Morgan fingerprint density at radius 3 is 0.959 bits per heavy atom. The first-order valence-corrected chi connectivity index (χ1v) is 53.7. The van der Waals surface area contributed by atoms with Gasteiger partial charge in [0.15, 0.2) is 24.4 Å². The quantitative estimate of drug-likeness (QED) is 0.0664. The molecule has 824 valence electrons. The Morgan fingerprint density at radius 2 is 0.653 bits per heavy atom. The van der Waals surface area contributed by atoms with Crippen molar-refractivity contribution in [3.63, 3.8) is 0 Å². The molecule has 0 aliphatic carbocycles. The molecule has 12 heterocycles. The molecule has 5 amide bonds. The molecule has 12 aliphatic heterocycles. The molecule has 0 saturated carbocycles. The van der Waals surface area contributed by atoms with Crippen molar-refractivity contribution in [1.82, 2.24) is 57.6 Å². The molecule has 4 aromatic rings. The molecule has 12 saturated heterocycles. The fourth-order valence-corrected chi connectivity index (χ4v) is 24.5. The number of hydrogen-bond acceptors (Lipinski definition) is 22. The second kappa shape index (κ2) is 46.3. The Hall–Kier alpha value is -9.01. The van der Waals surface area contributed by atoms with Crippen molar-refractivity contribution >= 4 is 73.1 Å². The summed E-state index contributed by atoms with van der Waals surface area (Å²) in [7, 11) is -4.47. The van der Waals surface area contributed by atoms with Crippen LogP contribution in [-0.2, 0) is 82.3 Å². The van der Waals surface area contributed by atoms with E-state index in [1.807, 2.05) is 21.6 Å². The van der Waals surface area contributed by atoms with Gasteiger partial charge in [0.05, 0.1) is 23.6 Å². The third-order valence-electron chi connectivity index (χ3n) is 31.0. The number of carbonyl (C=O) groups excluding carboxylic acids is 5. The third-order valence-corrected chi connectivity index (χ3v) is 33.7. The molecule has 0 radical (unpaired) electrons. The molecule has 12 aliphatic rings. The first-order valence-electron chi connectivity index (χ1n) is 50.0. The highest BCUT2D eigenvalue weighted by molar-refractivity contribution is 7.88. The molecule has 29 nitrogen and oxygen atoms in total. The number of anilines is 4. The number of benzene rings is 4. The van der Waals surface area contributed by atoms with Crippen LogP contribution in [-0.4, -0.2) is 381 Å². The molecule has 0 N–H and O–H groups in total. The summed E-state index contributed by atoms with van der Waals surface area (Å²) in [6, 6.07) is 20.3. The van der Waals surface area contributed by atoms with Gasteiger partial charge in [-0.2, -0.15) is 83.3 Å². The van der Waals surface area contributed by atoms with Crippen LogP contribution in [0.25, 0.3) is 0 Å². The lowest BCUT2D eigenvalue weighted by atomic mass is 9.72. The number of nitrogens with zero attached hydrogens (tertiary/aromatic N) is 16. The van der Waals surface area contributed by atoms with E-state index in [4.69, 9.17) is 0 Å². The minimum Gasteiger partial charge on any atom is -0.437 e. The van der Waals surface area contributed by atoms with Crippen molar-refractivity contribution < 1.29 is 139 Å². The van der Waals surface area contributed by atoms with Crippen LogP contribution < -0.4 is 19.6 Å². The highest BCUT2D eigenvalue weighted by Gasteiger charge is 2.53. The summed E-state index contributed by atoms with van der Waals surface area (Å²) < 4.78 is 303. The van der Waals surface area contributed by atoms with Gasteiger partial charge >= 0.3 is 61.4 Å². The molecule has 6 atom stereocenters. The lowest BCUT2D eigenvalue weighted by molar-refractivity contribution is -0.200. The van der Waals surface area contributed by atoms with E-state index < -0.39 is 117 Å². The lowest BCUT2D eigenvalue weighted by Gasteiger charge is -2.55. The first-order chi connectivity index (χ1) is 68.5. The SMILES string of the molecule is CC(=O)N1CCCC12CCN(c1cc(C)ccc1CN1CCN(C(=O)OC(C)C(F)(F)F)CC1)CC2.CC(OC(=O)N1CCN(Cc2ccc(C(F)(F)F)cc2N2CC3(CCN(S(C)(=O)=O)CC3)C2)CC1)C(F)(F)F.CC(OC(=O)N1CCN(Cc2ccc(C(F)(F)F)cc2N2CC3CN(C)CC3C2)CC1)C(F)(F)F.Cc1ccc(CN2CCN(C(=O)OC(C)C(F)(F)F)CC2)c(N2CCC3(CCCN3S(C)(=O)=O)CC2)c1. The van der Waals surface area contributed by atoms with Crippen LogP contribution in [0.2, 0.25) is 0 Å². The largest absolute Gasteiger partial charge is 0.437 e. The molecule has 6 unspecified atom stereocenters. The van der Waals surface area contributed by atoms with E-state index in [1.165, 1.54) is 71.4 Å². The molecule has 147 heavy (non-hydrogen) atoms. The van der Waals surface area contributed by atoms with Crippen molar-refractivity contribution in [1.29, 1.82) is 0 Å². The van der Waals surface area contributed by atoms with Gasteiger partial charge in [-0.25, -0.2) is 40.3 Å². The van der Waals surface area contributed by atoms with Crippen molar-refractivity contribution in [3.05, 3.63) is 117 Å². The molecular formula is C98H136F18N16O13S2. The van der Waals surface area contributed by atoms with E-state index in [0.29, 0.717) is 192 Å². The molecule has 0 aromatic heterocycles. The molecule has 3 spiro atoms. The number of carbonyl (C=O) groups is 5. The first kappa shape index (κ1) is 115. The van der Waals surface area contributed by atoms with Crippen LogP contribution in [0.4, 0.5) is 121 Å². The van der Waals surface area contributed by atoms with Crippen molar-refractivity contribution in [2.24, 2.45) is 17.3 Å². The maximum absolute atomic E-state index is 13.5. The maximum Gasteiger partial charge on any atom is 0.425 e. The Balaban J connectivity index is 0.000000164. The van der Waals surface area contributed by atoms with E-state index in [9.17, 15) is 120 Å². The van der Waals surface area contributed by atoms with Gasteiger partial charge in [-0.1, -0.05) is 36.4 Å². The highest BCUT2D eigenvalue weighted by atomic mass is 32.2. The number of ether oxygens (including phenoxy) is 4. The molecule has 12 fully saturated rings. The Bertz CT molecular complexity index is 5400. The van der Waals surface area contributed by atoms with Crippen LogP contribution in [0, 0.1) is 31.1 Å².